The molecule has 5 heteroatoms. The van der Waals surface area contributed by atoms with Crippen LogP contribution in [-0.4, -0.2) is 62.2 Å². The van der Waals surface area contributed by atoms with Gasteiger partial charge < -0.3 is 20.1 Å². The quantitative estimate of drug-likeness (QED) is 0.584. The minimum absolute atomic E-state index is 0.0169. The van der Waals surface area contributed by atoms with Crippen LogP contribution in [0.2, 0.25) is 0 Å². The number of hydrogen-bond acceptors (Lipinski definition) is 5. The maximum absolute atomic E-state index is 12.4. The minimum atomic E-state index is -0.596. The lowest BCUT2D eigenvalue weighted by Gasteiger charge is -2.29. The second-order valence-electron chi connectivity index (χ2n) is 8.22. The third kappa shape index (κ3) is 7.43. The zero-order chi connectivity index (χ0) is 20.6. The summed E-state index contributed by atoms with van der Waals surface area (Å²) >= 11 is 0. The fourth-order valence-corrected chi connectivity index (χ4v) is 3.20. The van der Waals surface area contributed by atoms with Crippen LogP contribution < -0.4 is 10.1 Å². The van der Waals surface area contributed by atoms with Crippen LogP contribution in [-0.2, 0) is 0 Å². The van der Waals surface area contributed by atoms with E-state index in [9.17, 15) is 9.90 Å². The number of rotatable bonds is 11. The predicted molar refractivity (Wildman–Crippen MR) is 113 cm³/mol. The van der Waals surface area contributed by atoms with Gasteiger partial charge in [0.05, 0.1) is 0 Å². The first-order chi connectivity index (χ1) is 13.3. The van der Waals surface area contributed by atoms with Crippen molar-refractivity contribution in [2.75, 3.05) is 40.3 Å². The smallest absolute Gasteiger partial charge is 0.193 e. The topological polar surface area (TPSA) is 61.8 Å². The first-order valence-electron chi connectivity index (χ1n) is 9.63. The molecule has 0 radical (unpaired) electrons. The number of nitrogens with zero attached hydrogens (tertiary/aromatic N) is 1. The first-order valence-corrected chi connectivity index (χ1v) is 9.63. The number of ether oxygens (including phenoxy) is 1. The van der Waals surface area contributed by atoms with Gasteiger partial charge >= 0.3 is 0 Å². The van der Waals surface area contributed by atoms with Crippen molar-refractivity contribution in [3.8, 4) is 5.75 Å². The Balaban J connectivity index is 1.76. The molecular weight excluding hydrogens is 352 g/mol. The van der Waals surface area contributed by atoms with Crippen molar-refractivity contribution >= 4 is 5.78 Å². The van der Waals surface area contributed by atoms with Gasteiger partial charge in [0.1, 0.15) is 18.5 Å². The minimum Gasteiger partial charge on any atom is -0.491 e. The summed E-state index contributed by atoms with van der Waals surface area (Å²) in [7, 11) is 4.12. The molecule has 0 aromatic heterocycles. The number of aliphatic hydroxyl groups is 1. The molecule has 0 saturated heterocycles. The molecular formula is C23H32N2O3. The molecule has 2 aromatic rings. The fourth-order valence-electron chi connectivity index (χ4n) is 3.20. The molecule has 28 heavy (non-hydrogen) atoms. The summed E-state index contributed by atoms with van der Waals surface area (Å²) in [4.78, 5) is 14.6. The average molecular weight is 385 g/mol. The van der Waals surface area contributed by atoms with Gasteiger partial charge in [0, 0.05) is 30.8 Å². The standard InChI is InChI=1S/C23H32N2O3/c1-23(2,17-25(3)4)16-24-14-20(26)15-28-21-12-10-19(11-13-21)22(27)18-8-6-5-7-9-18/h5-13,20,24,26H,14-17H2,1-4H3/t20-/m1/s1. The summed E-state index contributed by atoms with van der Waals surface area (Å²) in [6, 6.07) is 16.2. The Hall–Kier alpha value is -2.21. The van der Waals surface area contributed by atoms with Gasteiger partial charge in [-0.2, -0.15) is 0 Å². The van der Waals surface area contributed by atoms with Crippen LogP contribution in [0.25, 0.3) is 0 Å². The molecule has 0 aliphatic heterocycles. The number of carbonyl (C=O) groups is 1. The van der Waals surface area contributed by atoms with Gasteiger partial charge in [-0.1, -0.05) is 44.2 Å². The molecule has 0 aliphatic rings. The van der Waals surface area contributed by atoms with Gasteiger partial charge in [0.15, 0.2) is 5.78 Å². The second kappa shape index (κ2) is 10.4. The van der Waals surface area contributed by atoms with E-state index in [1.165, 1.54) is 0 Å². The molecule has 2 rings (SSSR count). The fraction of sp³-hybridized carbons (Fsp3) is 0.435. The van der Waals surface area contributed by atoms with Crippen LogP contribution in [0.5, 0.6) is 5.75 Å². The van der Waals surface area contributed by atoms with Gasteiger partial charge in [-0.15, -0.1) is 0 Å². The van der Waals surface area contributed by atoms with Crippen LogP contribution in [0.3, 0.4) is 0 Å². The van der Waals surface area contributed by atoms with E-state index in [4.69, 9.17) is 4.74 Å². The molecule has 5 nitrogen and oxygen atoms in total. The Bertz CT molecular complexity index is 727. The molecule has 0 bridgehead atoms. The van der Waals surface area contributed by atoms with Crippen molar-refractivity contribution < 1.29 is 14.6 Å². The third-order valence-electron chi connectivity index (χ3n) is 4.32. The molecule has 152 valence electrons. The summed E-state index contributed by atoms with van der Waals surface area (Å²) in [6.07, 6.45) is -0.596. The summed E-state index contributed by atoms with van der Waals surface area (Å²) in [5.74, 6) is 0.619. The molecule has 0 amide bonds. The number of carbonyl (C=O) groups excluding carboxylic acids is 1. The summed E-state index contributed by atoms with van der Waals surface area (Å²) < 4.78 is 5.65. The van der Waals surface area contributed by atoms with Crippen LogP contribution >= 0.6 is 0 Å². The molecule has 2 N–H and O–H groups in total. The molecule has 0 spiro atoms. The number of benzene rings is 2. The van der Waals surface area contributed by atoms with Gasteiger partial charge in [-0.05, 0) is 43.8 Å². The van der Waals surface area contributed by atoms with Gasteiger partial charge in [0.2, 0.25) is 0 Å². The van der Waals surface area contributed by atoms with Crippen LogP contribution in [0.1, 0.15) is 29.8 Å². The second-order valence-corrected chi connectivity index (χ2v) is 8.22. The van der Waals surface area contributed by atoms with E-state index in [1.54, 1.807) is 36.4 Å². The number of ketones is 1. The zero-order valence-electron chi connectivity index (χ0n) is 17.3. The first kappa shape index (κ1) is 22.1. The SMILES string of the molecule is CN(C)CC(C)(C)CNC[C@@H](O)COc1ccc(C(=O)c2ccccc2)cc1. The molecule has 0 heterocycles. The maximum atomic E-state index is 12.4. The van der Waals surface area contributed by atoms with Crippen molar-refractivity contribution in [2.24, 2.45) is 5.41 Å². The van der Waals surface area contributed by atoms with E-state index in [-0.39, 0.29) is 17.8 Å². The molecule has 0 unspecified atom stereocenters. The highest BCUT2D eigenvalue weighted by atomic mass is 16.5. The number of aliphatic hydroxyl groups excluding tert-OH is 1. The lowest BCUT2D eigenvalue weighted by Crippen LogP contribution is -2.41. The van der Waals surface area contributed by atoms with Crippen molar-refractivity contribution in [2.45, 2.75) is 20.0 Å². The summed E-state index contributed by atoms with van der Waals surface area (Å²) in [5, 5.41) is 13.4. The Morgan fingerprint density at radius 2 is 1.68 bits per heavy atom. The van der Waals surface area contributed by atoms with Gasteiger partial charge in [-0.3, -0.25) is 4.79 Å². The van der Waals surface area contributed by atoms with E-state index in [1.807, 2.05) is 18.2 Å². The van der Waals surface area contributed by atoms with Crippen molar-refractivity contribution in [1.29, 1.82) is 0 Å². The van der Waals surface area contributed by atoms with Crippen LogP contribution in [0.4, 0.5) is 0 Å². The number of hydrogen-bond donors (Lipinski definition) is 2. The van der Waals surface area contributed by atoms with E-state index in [2.05, 4.69) is 38.2 Å². The Kier molecular flexibility index (Phi) is 8.18. The Morgan fingerprint density at radius 1 is 1.07 bits per heavy atom. The zero-order valence-corrected chi connectivity index (χ0v) is 17.3. The van der Waals surface area contributed by atoms with E-state index in [0.29, 0.717) is 23.4 Å². The van der Waals surface area contributed by atoms with Crippen molar-refractivity contribution in [3.05, 3.63) is 65.7 Å². The molecule has 1 atom stereocenters. The van der Waals surface area contributed by atoms with Crippen LogP contribution in [0, 0.1) is 5.41 Å². The van der Waals surface area contributed by atoms with E-state index >= 15 is 0 Å². The van der Waals surface area contributed by atoms with E-state index < -0.39 is 6.10 Å². The lowest BCUT2D eigenvalue weighted by atomic mass is 9.93. The molecule has 2 aromatic carbocycles. The Morgan fingerprint density at radius 3 is 2.29 bits per heavy atom. The predicted octanol–water partition coefficient (Wildman–Crippen LogP) is 2.83. The summed E-state index contributed by atoms with van der Waals surface area (Å²) in [5.41, 5.74) is 1.41. The molecule has 0 aliphatic carbocycles. The third-order valence-corrected chi connectivity index (χ3v) is 4.32. The Labute approximate surface area is 168 Å². The average Bonchev–Trinajstić information content (AvgIpc) is 2.65. The highest BCUT2D eigenvalue weighted by Gasteiger charge is 2.19. The highest BCUT2D eigenvalue weighted by molar-refractivity contribution is 6.08. The molecule has 0 saturated carbocycles. The monoisotopic (exact) mass is 384 g/mol. The van der Waals surface area contributed by atoms with Gasteiger partial charge in [0.25, 0.3) is 0 Å². The number of nitrogens with one attached hydrogen (secondary N) is 1. The highest BCUT2D eigenvalue weighted by Crippen LogP contribution is 2.16. The molecule has 0 fully saturated rings. The summed E-state index contributed by atoms with van der Waals surface area (Å²) in [6.45, 7) is 6.86. The van der Waals surface area contributed by atoms with Crippen molar-refractivity contribution in [1.82, 2.24) is 10.2 Å². The maximum Gasteiger partial charge on any atom is 0.193 e. The normalized spacial score (nSPS) is 12.8. The van der Waals surface area contributed by atoms with E-state index in [0.717, 1.165) is 13.1 Å². The van der Waals surface area contributed by atoms with Crippen molar-refractivity contribution in [3.63, 3.8) is 0 Å². The van der Waals surface area contributed by atoms with Gasteiger partial charge in [-0.25, -0.2) is 0 Å². The van der Waals surface area contributed by atoms with Crippen LogP contribution in [0.15, 0.2) is 54.6 Å². The lowest BCUT2D eigenvalue weighted by molar-refractivity contribution is 0.101. The largest absolute Gasteiger partial charge is 0.491 e.